The molecule has 0 saturated carbocycles. The van der Waals surface area contributed by atoms with Crippen molar-refractivity contribution >= 4 is 8.07 Å². The average molecular weight is 150 g/mol. The van der Waals surface area contributed by atoms with Crippen LogP contribution in [0.3, 0.4) is 0 Å². The van der Waals surface area contributed by atoms with Gasteiger partial charge in [0.2, 0.25) is 8.07 Å². The Morgan fingerprint density at radius 3 is 2.10 bits per heavy atom. The van der Waals surface area contributed by atoms with Crippen molar-refractivity contribution in [3.63, 3.8) is 0 Å². The van der Waals surface area contributed by atoms with E-state index in [-0.39, 0.29) is 0 Å². The van der Waals surface area contributed by atoms with Crippen molar-refractivity contribution < 1.29 is 0 Å². The lowest BCUT2D eigenvalue weighted by atomic mass is 10.4. The predicted molar refractivity (Wildman–Crippen MR) is 49.0 cm³/mol. The summed E-state index contributed by atoms with van der Waals surface area (Å²) in [7, 11) is -1.66. The van der Waals surface area contributed by atoms with Crippen LogP contribution in [0.15, 0.2) is 0 Å². The van der Waals surface area contributed by atoms with Gasteiger partial charge in [-0.05, 0) is 12.6 Å². The topological polar surface area (TPSA) is 0 Å². The molecule has 10 heavy (non-hydrogen) atoms. The molecule has 0 aliphatic rings. The van der Waals surface area contributed by atoms with Gasteiger partial charge in [-0.1, -0.05) is 19.8 Å². The lowest BCUT2D eigenvalue weighted by Gasteiger charge is -2.11. The molecule has 0 heterocycles. The second kappa shape index (κ2) is 4.20. The maximum atomic E-state index is 5.33. The van der Waals surface area contributed by atoms with E-state index in [1.54, 1.807) is 0 Å². The quantitative estimate of drug-likeness (QED) is 0.427. The third-order valence-electron chi connectivity index (χ3n) is 1.67. The Balaban J connectivity index is 3.88. The van der Waals surface area contributed by atoms with Crippen LogP contribution in [0.2, 0.25) is 12.6 Å². The fourth-order valence-electron chi connectivity index (χ4n) is 0.716. The number of unbranched alkanes of at least 4 members (excludes halogenated alkanes) is 1. The summed E-state index contributed by atoms with van der Waals surface area (Å²) in [5, 5.41) is 0. The first-order valence-corrected chi connectivity index (χ1v) is 6.35. The number of hydrogen-bond acceptors (Lipinski definition) is 0. The molecule has 0 unspecified atom stereocenters. The van der Waals surface area contributed by atoms with Crippen molar-refractivity contribution in [3.8, 4) is 23.9 Å². The highest BCUT2D eigenvalue weighted by Crippen LogP contribution is 2.10. The van der Waals surface area contributed by atoms with Gasteiger partial charge < -0.3 is 0 Å². The number of terminal acetylenes is 2. The van der Waals surface area contributed by atoms with Crippen LogP contribution in [0, 0.1) is 23.9 Å². The first kappa shape index (κ1) is 9.34. The van der Waals surface area contributed by atoms with Crippen molar-refractivity contribution in [2.75, 3.05) is 0 Å². The first-order valence-electron chi connectivity index (χ1n) is 3.64. The Kier molecular flexibility index (Phi) is 3.92. The summed E-state index contributed by atoms with van der Waals surface area (Å²) in [4.78, 5) is 0. The van der Waals surface area contributed by atoms with Crippen LogP contribution in [0.4, 0.5) is 0 Å². The molecule has 0 radical (unpaired) electrons. The van der Waals surface area contributed by atoms with Gasteiger partial charge in [-0.2, -0.15) is 0 Å². The first-order chi connectivity index (χ1) is 4.68. The molecular weight excluding hydrogens is 136 g/mol. The molecule has 0 aromatic heterocycles. The van der Waals surface area contributed by atoms with Gasteiger partial charge >= 0.3 is 0 Å². The van der Waals surface area contributed by atoms with Crippen LogP contribution in [-0.2, 0) is 0 Å². The van der Waals surface area contributed by atoms with Crippen LogP contribution in [0.25, 0.3) is 0 Å². The molecule has 0 spiro atoms. The summed E-state index contributed by atoms with van der Waals surface area (Å²) in [5.41, 5.74) is 5.53. The van der Waals surface area contributed by atoms with Gasteiger partial charge in [0.1, 0.15) is 0 Å². The molecule has 0 fully saturated rings. The fraction of sp³-hybridized carbons (Fsp3) is 0.556. The van der Waals surface area contributed by atoms with Gasteiger partial charge in [0, 0.05) is 0 Å². The molecule has 0 bridgehead atoms. The molecule has 0 amide bonds. The molecule has 0 aliphatic carbocycles. The summed E-state index contributed by atoms with van der Waals surface area (Å²) >= 11 is 0. The molecule has 0 aromatic rings. The van der Waals surface area contributed by atoms with E-state index in [4.69, 9.17) is 12.8 Å². The molecule has 0 atom stereocenters. The highest BCUT2D eigenvalue weighted by molar-refractivity contribution is 6.93. The Labute approximate surface area is 65.0 Å². The van der Waals surface area contributed by atoms with Crippen LogP contribution in [-0.4, -0.2) is 8.07 Å². The van der Waals surface area contributed by atoms with Crippen molar-refractivity contribution in [1.82, 2.24) is 0 Å². The molecule has 0 rings (SSSR count). The van der Waals surface area contributed by atoms with E-state index in [9.17, 15) is 0 Å². The molecule has 0 aliphatic heterocycles. The van der Waals surface area contributed by atoms with Gasteiger partial charge in [0.15, 0.2) is 0 Å². The van der Waals surface area contributed by atoms with Gasteiger partial charge in [0.05, 0.1) is 0 Å². The predicted octanol–water partition coefficient (Wildman–Crippen LogP) is 2.21. The van der Waals surface area contributed by atoms with E-state index in [0.29, 0.717) is 0 Å². The van der Waals surface area contributed by atoms with Crippen molar-refractivity contribution in [3.05, 3.63) is 0 Å². The second-order valence-electron chi connectivity index (χ2n) is 2.72. The Morgan fingerprint density at radius 1 is 1.30 bits per heavy atom. The zero-order chi connectivity index (χ0) is 8.04. The Morgan fingerprint density at radius 2 is 1.80 bits per heavy atom. The van der Waals surface area contributed by atoms with Gasteiger partial charge in [-0.25, -0.2) is 0 Å². The molecule has 0 aromatic carbocycles. The minimum atomic E-state index is -1.66. The van der Waals surface area contributed by atoms with E-state index in [1.165, 1.54) is 12.8 Å². The maximum absolute atomic E-state index is 5.33. The minimum absolute atomic E-state index is 1.08. The molecule has 0 saturated heterocycles. The lowest BCUT2D eigenvalue weighted by Crippen LogP contribution is -2.25. The van der Waals surface area contributed by atoms with Gasteiger partial charge in [-0.3, -0.25) is 0 Å². The van der Waals surface area contributed by atoms with Crippen LogP contribution in [0.1, 0.15) is 19.8 Å². The smallest absolute Gasteiger partial charge is 0.126 e. The zero-order valence-electron chi connectivity index (χ0n) is 6.78. The lowest BCUT2D eigenvalue weighted by molar-refractivity contribution is 0.873. The minimum Gasteiger partial charge on any atom is -0.126 e. The normalized spacial score (nSPS) is 10.0. The third kappa shape index (κ3) is 2.76. The number of rotatable bonds is 3. The maximum Gasteiger partial charge on any atom is 0.213 e. The van der Waals surface area contributed by atoms with E-state index < -0.39 is 8.07 Å². The highest BCUT2D eigenvalue weighted by Gasteiger charge is 2.20. The number of hydrogen-bond donors (Lipinski definition) is 0. The van der Waals surface area contributed by atoms with E-state index in [1.807, 2.05) is 0 Å². The van der Waals surface area contributed by atoms with Crippen LogP contribution in [0.5, 0.6) is 0 Å². The van der Waals surface area contributed by atoms with Crippen molar-refractivity contribution in [1.29, 1.82) is 0 Å². The molecule has 0 N–H and O–H groups in total. The van der Waals surface area contributed by atoms with E-state index >= 15 is 0 Å². The van der Waals surface area contributed by atoms with Gasteiger partial charge in [-0.15, -0.1) is 23.9 Å². The fourth-order valence-corrected chi connectivity index (χ4v) is 2.15. The summed E-state index contributed by atoms with van der Waals surface area (Å²) in [5.74, 6) is 0. The Bertz CT molecular complexity index is 154. The van der Waals surface area contributed by atoms with Crippen molar-refractivity contribution in [2.45, 2.75) is 32.4 Å². The SMILES string of the molecule is C#C[Si](C)(C#C)CCCC. The zero-order valence-corrected chi connectivity index (χ0v) is 7.78. The van der Waals surface area contributed by atoms with Gasteiger partial charge in [0.25, 0.3) is 0 Å². The molecule has 54 valence electrons. The largest absolute Gasteiger partial charge is 0.213 e. The van der Waals surface area contributed by atoms with Crippen molar-refractivity contribution in [2.24, 2.45) is 0 Å². The van der Waals surface area contributed by atoms with Crippen LogP contribution >= 0.6 is 0 Å². The second-order valence-corrected chi connectivity index (χ2v) is 6.47. The molecule has 0 nitrogen and oxygen atoms in total. The highest BCUT2D eigenvalue weighted by atomic mass is 28.3. The summed E-state index contributed by atoms with van der Waals surface area (Å²) in [6.45, 7) is 4.23. The Hall–Kier alpha value is -0.663. The third-order valence-corrected chi connectivity index (χ3v) is 4.30. The summed E-state index contributed by atoms with van der Waals surface area (Å²) in [6.07, 6.45) is 13.0. The summed E-state index contributed by atoms with van der Waals surface area (Å²) < 4.78 is 0. The van der Waals surface area contributed by atoms with Crippen LogP contribution < -0.4 is 0 Å². The van der Waals surface area contributed by atoms with E-state index in [0.717, 1.165) is 6.04 Å². The van der Waals surface area contributed by atoms with E-state index in [2.05, 4.69) is 24.6 Å². The standard InChI is InChI=1S/C9H14Si/c1-5-8-9-10(4,6-2)7-3/h2-3H,5,8-9H2,1,4H3. The molecular formula is C9H14Si. The molecule has 1 heteroatoms. The monoisotopic (exact) mass is 150 g/mol. The average Bonchev–Trinajstić information content (AvgIpc) is 2.00. The summed E-state index contributed by atoms with van der Waals surface area (Å²) in [6, 6.07) is 1.08.